The zero-order valence-electron chi connectivity index (χ0n) is 16.0. The van der Waals surface area contributed by atoms with Crippen molar-refractivity contribution in [2.45, 2.75) is 46.6 Å². The Bertz CT molecular complexity index is 1110. The van der Waals surface area contributed by atoms with E-state index in [1.165, 1.54) is 15.8 Å². The SMILES string of the molecule is Cc1nn(C)c(C)c1NC(=O)Cn1cnc2sc3c(c2c1=O)CC[C@H](C)C3. The number of nitrogens with one attached hydrogen (secondary N) is 1. The summed E-state index contributed by atoms with van der Waals surface area (Å²) in [5.74, 6) is 0.389. The second-order valence-electron chi connectivity index (χ2n) is 7.43. The van der Waals surface area contributed by atoms with E-state index < -0.39 is 0 Å². The fourth-order valence-electron chi connectivity index (χ4n) is 3.77. The van der Waals surface area contributed by atoms with Crippen molar-refractivity contribution in [2.24, 2.45) is 13.0 Å². The van der Waals surface area contributed by atoms with E-state index in [4.69, 9.17) is 0 Å². The van der Waals surface area contributed by atoms with Crippen molar-refractivity contribution in [3.63, 3.8) is 0 Å². The van der Waals surface area contributed by atoms with Crippen LogP contribution in [0.25, 0.3) is 10.2 Å². The van der Waals surface area contributed by atoms with Gasteiger partial charge in [-0.05, 0) is 44.6 Å². The second-order valence-corrected chi connectivity index (χ2v) is 8.51. The van der Waals surface area contributed by atoms with Crippen LogP contribution in [0.15, 0.2) is 11.1 Å². The Labute approximate surface area is 161 Å². The first-order valence-corrected chi connectivity index (χ1v) is 9.96. The molecule has 1 atom stereocenters. The molecule has 1 N–H and O–H groups in total. The first kappa shape index (κ1) is 17.9. The zero-order chi connectivity index (χ0) is 19.3. The van der Waals surface area contributed by atoms with Gasteiger partial charge in [0.05, 0.1) is 28.8 Å². The second kappa shape index (κ2) is 6.60. The summed E-state index contributed by atoms with van der Waals surface area (Å²) in [4.78, 5) is 32.0. The molecule has 0 bridgehead atoms. The third-order valence-electron chi connectivity index (χ3n) is 5.37. The minimum atomic E-state index is -0.254. The number of hydrogen-bond donors (Lipinski definition) is 1. The Morgan fingerprint density at radius 2 is 2.19 bits per heavy atom. The van der Waals surface area contributed by atoms with Gasteiger partial charge in [-0.15, -0.1) is 11.3 Å². The van der Waals surface area contributed by atoms with Gasteiger partial charge in [0.25, 0.3) is 5.56 Å². The molecule has 4 rings (SSSR count). The zero-order valence-corrected chi connectivity index (χ0v) is 16.8. The number of fused-ring (bicyclic) bond motifs is 3. The molecule has 142 valence electrons. The van der Waals surface area contributed by atoms with Gasteiger partial charge in [0.15, 0.2) is 0 Å². The number of nitrogens with zero attached hydrogens (tertiary/aromatic N) is 4. The molecule has 0 aromatic carbocycles. The molecule has 0 fully saturated rings. The van der Waals surface area contributed by atoms with Gasteiger partial charge in [-0.2, -0.15) is 5.10 Å². The molecule has 8 heteroatoms. The smallest absolute Gasteiger partial charge is 0.262 e. The summed E-state index contributed by atoms with van der Waals surface area (Å²) in [7, 11) is 1.83. The van der Waals surface area contributed by atoms with Gasteiger partial charge in [-0.1, -0.05) is 6.92 Å². The number of carbonyl (C=O) groups excluding carboxylic acids is 1. The molecule has 0 aliphatic heterocycles. The van der Waals surface area contributed by atoms with Crippen molar-refractivity contribution in [1.29, 1.82) is 0 Å². The number of thiophene rings is 1. The highest BCUT2D eigenvalue weighted by Crippen LogP contribution is 2.35. The van der Waals surface area contributed by atoms with E-state index in [-0.39, 0.29) is 18.0 Å². The summed E-state index contributed by atoms with van der Waals surface area (Å²) in [5, 5.41) is 7.88. The summed E-state index contributed by atoms with van der Waals surface area (Å²) in [6.07, 6.45) is 4.50. The van der Waals surface area contributed by atoms with Gasteiger partial charge in [0.2, 0.25) is 5.91 Å². The number of anilines is 1. The van der Waals surface area contributed by atoms with E-state index in [0.29, 0.717) is 17.0 Å². The summed E-state index contributed by atoms with van der Waals surface area (Å²) >= 11 is 1.62. The minimum Gasteiger partial charge on any atom is -0.321 e. The molecule has 3 aromatic heterocycles. The minimum absolute atomic E-state index is 0.0590. The maximum atomic E-state index is 13.0. The van der Waals surface area contributed by atoms with E-state index in [0.717, 1.165) is 41.0 Å². The molecular formula is C19H23N5O2S. The van der Waals surface area contributed by atoms with Crippen LogP contribution in [-0.2, 0) is 31.2 Å². The molecule has 1 amide bonds. The third kappa shape index (κ3) is 3.07. The van der Waals surface area contributed by atoms with Crippen molar-refractivity contribution >= 4 is 33.1 Å². The Hall–Kier alpha value is -2.48. The number of aromatic nitrogens is 4. The van der Waals surface area contributed by atoms with E-state index in [9.17, 15) is 9.59 Å². The predicted molar refractivity (Wildman–Crippen MR) is 106 cm³/mol. The first-order chi connectivity index (χ1) is 12.8. The Kier molecular flexibility index (Phi) is 4.38. The molecule has 1 aliphatic rings. The largest absolute Gasteiger partial charge is 0.321 e. The highest BCUT2D eigenvalue weighted by Gasteiger charge is 2.23. The average molecular weight is 385 g/mol. The monoisotopic (exact) mass is 385 g/mol. The van der Waals surface area contributed by atoms with Gasteiger partial charge >= 0.3 is 0 Å². The molecule has 3 aromatic rings. The standard InChI is InChI=1S/C19H23N5O2S/c1-10-5-6-13-14(7-10)27-18-16(13)19(26)24(9-20-18)8-15(25)21-17-11(2)22-23(4)12(17)3/h9-10H,5-8H2,1-4H3,(H,21,25)/t10-/m0/s1. The number of hydrogen-bond acceptors (Lipinski definition) is 5. The third-order valence-corrected chi connectivity index (χ3v) is 6.53. The van der Waals surface area contributed by atoms with Crippen molar-refractivity contribution in [3.8, 4) is 0 Å². The number of aryl methyl sites for hydroxylation is 3. The molecule has 7 nitrogen and oxygen atoms in total. The van der Waals surface area contributed by atoms with Crippen molar-refractivity contribution in [1.82, 2.24) is 19.3 Å². The summed E-state index contributed by atoms with van der Waals surface area (Å²) in [5.41, 5.74) is 3.35. The molecule has 27 heavy (non-hydrogen) atoms. The van der Waals surface area contributed by atoms with Crippen molar-refractivity contribution in [2.75, 3.05) is 5.32 Å². The highest BCUT2D eigenvalue weighted by atomic mass is 32.1. The van der Waals surface area contributed by atoms with Crippen LogP contribution in [0.1, 0.15) is 35.2 Å². The lowest BCUT2D eigenvalue weighted by Gasteiger charge is -2.17. The maximum Gasteiger partial charge on any atom is 0.262 e. The molecule has 0 unspecified atom stereocenters. The Morgan fingerprint density at radius 3 is 2.89 bits per heavy atom. The molecule has 0 radical (unpaired) electrons. The summed E-state index contributed by atoms with van der Waals surface area (Å²) in [6.45, 7) is 5.93. The maximum absolute atomic E-state index is 13.0. The fraction of sp³-hybridized carbons (Fsp3) is 0.474. The van der Waals surface area contributed by atoms with Crippen molar-refractivity contribution < 1.29 is 4.79 Å². The van der Waals surface area contributed by atoms with Gasteiger partial charge < -0.3 is 5.32 Å². The molecular weight excluding hydrogens is 362 g/mol. The topological polar surface area (TPSA) is 81.8 Å². The van der Waals surface area contributed by atoms with Gasteiger partial charge in [-0.3, -0.25) is 18.8 Å². The van der Waals surface area contributed by atoms with E-state index in [1.54, 1.807) is 16.0 Å². The van der Waals surface area contributed by atoms with Gasteiger partial charge in [0.1, 0.15) is 11.4 Å². The van der Waals surface area contributed by atoms with E-state index in [1.807, 2.05) is 20.9 Å². The van der Waals surface area contributed by atoms with Crippen LogP contribution in [0.5, 0.6) is 0 Å². The van der Waals surface area contributed by atoms with E-state index >= 15 is 0 Å². The van der Waals surface area contributed by atoms with Gasteiger partial charge in [0, 0.05) is 11.9 Å². The van der Waals surface area contributed by atoms with E-state index in [2.05, 4.69) is 22.3 Å². The molecule has 0 spiro atoms. The predicted octanol–water partition coefficient (Wildman–Crippen LogP) is 2.57. The lowest BCUT2D eigenvalue weighted by atomic mass is 9.89. The lowest BCUT2D eigenvalue weighted by molar-refractivity contribution is -0.116. The Morgan fingerprint density at radius 1 is 1.41 bits per heavy atom. The van der Waals surface area contributed by atoms with Crippen LogP contribution in [0, 0.1) is 19.8 Å². The summed E-state index contributed by atoms with van der Waals surface area (Å²) in [6, 6.07) is 0. The molecule has 3 heterocycles. The number of rotatable bonds is 3. The molecule has 0 saturated carbocycles. The van der Waals surface area contributed by atoms with Gasteiger partial charge in [-0.25, -0.2) is 4.98 Å². The number of carbonyl (C=O) groups is 1. The van der Waals surface area contributed by atoms with Crippen molar-refractivity contribution in [3.05, 3.63) is 38.5 Å². The van der Waals surface area contributed by atoms with Crippen LogP contribution in [0.3, 0.4) is 0 Å². The van der Waals surface area contributed by atoms with Crippen LogP contribution < -0.4 is 10.9 Å². The van der Waals surface area contributed by atoms with Crippen LogP contribution >= 0.6 is 11.3 Å². The normalized spacial score (nSPS) is 16.5. The number of amides is 1. The van der Waals surface area contributed by atoms with Crippen LogP contribution in [0.4, 0.5) is 5.69 Å². The average Bonchev–Trinajstić information content (AvgIpc) is 3.09. The molecule has 1 aliphatic carbocycles. The fourth-order valence-corrected chi connectivity index (χ4v) is 5.11. The lowest BCUT2D eigenvalue weighted by Crippen LogP contribution is -2.28. The molecule has 0 saturated heterocycles. The Balaban J connectivity index is 1.63. The highest BCUT2D eigenvalue weighted by molar-refractivity contribution is 7.18. The summed E-state index contributed by atoms with van der Waals surface area (Å²) < 4.78 is 3.13. The van der Waals surface area contributed by atoms with Crippen LogP contribution in [0.2, 0.25) is 0 Å². The van der Waals surface area contributed by atoms with Crippen LogP contribution in [-0.4, -0.2) is 25.2 Å². The first-order valence-electron chi connectivity index (χ1n) is 9.15. The quantitative estimate of drug-likeness (QED) is 0.751.